The Labute approximate surface area is 160 Å². The van der Waals surface area contributed by atoms with Crippen LogP contribution in [0.2, 0.25) is 10.0 Å². The molecule has 3 nitrogen and oxygen atoms in total. The largest absolute Gasteiger partial charge is 0.471 e. The van der Waals surface area contributed by atoms with E-state index in [-0.39, 0.29) is 10.7 Å². The first-order valence-corrected chi connectivity index (χ1v) is 8.72. The maximum absolute atomic E-state index is 12.6. The topological polar surface area (TPSA) is 42.0 Å². The van der Waals surface area contributed by atoms with Crippen molar-refractivity contribution in [3.05, 3.63) is 58.6 Å². The summed E-state index contributed by atoms with van der Waals surface area (Å²) in [4.78, 5) is 15.8. The van der Waals surface area contributed by atoms with Crippen molar-refractivity contribution in [2.75, 3.05) is 5.32 Å². The highest BCUT2D eigenvalue weighted by molar-refractivity contribution is 7.19. The Kier molecular flexibility index (Phi) is 5.22. The Morgan fingerprint density at radius 2 is 1.62 bits per heavy atom. The van der Waals surface area contributed by atoms with Crippen molar-refractivity contribution in [1.82, 2.24) is 4.98 Å². The number of benzene rings is 2. The smallest absolute Gasteiger partial charge is 0.308 e. The van der Waals surface area contributed by atoms with Crippen LogP contribution in [0.15, 0.2) is 48.5 Å². The van der Waals surface area contributed by atoms with Gasteiger partial charge in [0, 0.05) is 21.2 Å². The monoisotopic (exact) mass is 416 g/mol. The van der Waals surface area contributed by atoms with Gasteiger partial charge in [0.2, 0.25) is 0 Å². The molecule has 0 saturated heterocycles. The fraction of sp³-hybridized carbons (Fsp3) is 0.0588. The zero-order valence-electron chi connectivity index (χ0n) is 12.8. The summed E-state index contributed by atoms with van der Waals surface area (Å²) < 4.78 is 37.9. The number of anilines is 1. The molecule has 1 amide bonds. The third-order valence-electron chi connectivity index (χ3n) is 3.27. The van der Waals surface area contributed by atoms with Gasteiger partial charge in [0.25, 0.3) is 0 Å². The molecule has 0 spiro atoms. The van der Waals surface area contributed by atoms with Crippen LogP contribution in [0, 0.1) is 0 Å². The molecule has 0 aliphatic heterocycles. The number of hydrogen-bond acceptors (Lipinski definition) is 3. The van der Waals surface area contributed by atoms with Crippen LogP contribution in [0.1, 0.15) is 0 Å². The summed E-state index contributed by atoms with van der Waals surface area (Å²) in [5.74, 6) is -2.06. The molecule has 2 aromatic carbocycles. The molecular weight excluding hydrogens is 408 g/mol. The van der Waals surface area contributed by atoms with E-state index in [4.69, 9.17) is 23.2 Å². The molecule has 0 saturated carbocycles. The summed E-state index contributed by atoms with van der Waals surface area (Å²) in [7, 11) is 0. The van der Waals surface area contributed by atoms with Gasteiger partial charge in [-0.2, -0.15) is 13.2 Å². The molecule has 1 N–H and O–H groups in total. The molecule has 0 fully saturated rings. The molecular formula is C17H9Cl2F3N2OS. The molecule has 0 aliphatic carbocycles. The van der Waals surface area contributed by atoms with Crippen molar-refractivity contribution in [3.8, 4) is 21.8 Å². The Balaban J connectivity index is 2.10. The van der Waals surface area contributed by atoms with Crippen molar-refractivity contribution in [3.63, 3.8) is 0 Å². The summed E-state index contributed by atoms with van der Waals surface area (Å²) >= 11 is 12.9. The first kappa shape index (κ1) is 18.7. The van der Waals surface area contributed by atoms with Crippen LogP contribution in [-0.4, -0.2) is 17.1 Å². The molecule has 0 radical (unpaired) electrons. The highest BCUT2D eigenvalue weighted by atomic mass is 35.5. The molecule has 1 heterocycles. The Morgan fingerprint density at radius 3 is 2.19 bits per heavy atom. The quantitative estimate of drug-likeness (QED) is 0.545. The second-order valence-electron chi connectivity index (χ2n) is 5.17. The van der Waals surface area contributed by atoms with E-state index in [1.165, 1.54) is 6.07 Å². The van der Waals surface area contributed by atoms with Gasteiger partial charge in [0.1, 0.15) is 15.7 Å². The van der Waals surface area contributed by atoms with E-state index in [2.05, 4.69) is 4.98 Å². The standard InChI is InChI=1S/C17H9Cl2F3N2OS/c18-11-6-10(7-12(19)8-11)14-23-13(9-4-2-1-3-5-9)15(26-14)24-16(25)17(20,21)22/h1-8H,(H,24,25). The zero-order chi connectivity index (χ0) is 18.9. The summed E-state index contributed by atoms with van der Waals surface area (Å²) in [5.41, 5.74) is 1.34. The van der Waals surface area contributed by atoms with Crippen molar-refractivity contribution < 1.29 is 18.0 Å². The van der Waals surface area contributed by atoms with Crippen LogP contribution in [0.3, 0.4) is 0 Å². The number of nitrogens with one attached hydrogen (secondary N) is 1. The molecule has 9 heteroatoms. The van der Waals surface area contributed by atoms with E-state index in [0.29, 0.717) is 26.2 Å². The fourth-order valence-electron chi connectivity index (χ4n) is 2.17. The van der Waals surface area contributed by atoms with Crippen LogP contribution in [0.25, 0.3) is 21.8 Å². The maximum atomic E-state index is 12.6. The third kappa shape index (κ3) is 4.17. The van der Waals surface area contributed by atoms with Gasteiger partial charge < -0.3 is 5.32 Å². The van der Waals surface area contributed by atoms with Crippen LogP contribution in [-0.2, 0) is 4.79 Å². The fourth-order valence-corrected chi connectivity index (χ4v) is 3.67. The van der Waals surface area contributed by atoms with Gasteiger partial charge in [-0.25, -0.2) is 4.98 Å². The first-order valence-electron chi connectivity index (χ1n) is 7.15. The number of nitrogens with zero attached hydrogens (tertiary/aromatic N) is 1. The lowest BCUT2D eigenvalue weighted by molar-refractivity contribution is -0.167. The SMILES string of the molecule is O=C(Nc1sc(-c2cc(Cl)cc(Cl)c2)nc1-c1ccccc1)C(F)(F)F. The maximum Gasteiger partial charge on any atom is 0.471 e. The van der Waals surface area contributed by atoms with E-state index in [9.17, 15) is 18.0 Å². The van der Waals surface area contributed by atoms with Gasteiger partial charge in [0.15, 0.2) is 0 Å². The number of aromatic nitrogens is 1. The highest BCUT2D eigenvalue weighted by Crippen LogP contribution is 2.39. The second-order valence-corrected chi connectivity index (χ2v) is 7.04. The lowest BCUT2D eigenvalue weighted by Gasteiger charge is -2.07. The van der Waals surface area contributed by atoms with Crippen molar-refractivity contribution in [2.45, 2.75) is 6.18 Å². The number of alkyl halides is 3. The second kappa shape index (κ2) is 7.26. The lowest BCUT2D eigenvalue weighted by atomic mass is 10.1. The summed E-state index contributed by atoms with van der Waals surface area (Å²) in [6.45, 7) is 0. The molecule has 0 aliphatic rings. The molecule has 0 unspecified atom stereocenters. The van der Waals surface area contributed by atoms with Gasteiger partial charge in [-0.3, -0.25) is 4.79 Å². The Morgan fingerprint density at radius 1 is 1.00 bits per heavy atom. The number of carbonyl (C=O) groups is 1. The number of rotatable bonds is 3. The van der Waals surface area contributed by atoms with Crippen molar-refractivity contribution in [1.29, 1.82) is 0 Å². The predicted octanol–water partition coefficient (Wildman–Crippen LogP) is 6.28. The molecule has 26 heavy (non-hydrogen) atoms. The highest BCUT2D eigenvalue weighted by Gasteiger charge is 2.39. The molecule has 134 valence electrons. The van der Waals surface area contributed by atoms with Crippen LogP contribution in [0.4, 0.5) is 18.2 Å². The minimum Gasteiger partial charge on any atom is -0.308 e. The number of halogens is 5. The summed E-state index contributed by atoms with van der Waals surface area (Å²) in [6.07, 6.45) is -5.00. The summed E-state index contributed by atoms with van der Waals surface area (Å²) in [6, 6.07) is 13.3. The normalized spacial score (nSPS) is 11.4. The van der Waals surface area contributed by atoms with E-state index in [0.717, 1.165) is 11.3 Å². The Bertz CT molecular complexity index is 938. The van der Waals surface area contributed by atoms with E-state index >= 15 is 0 Å². The molecule has 3 aromatic rings. The van der Waals surface area contributed by atoms with Crippen molar-refractivity contribution >= 4 is 45.4 Å². The zero-order valence-corrected chi connectivity index (χ0v) is 15.1. The predicted molar refractivity (Wildman–Crippen MR) is 97.7 cm³/mol. The van der Waals surface area contributed by atoms with Crippen LogP contribution in [0.5, 0.6) is 0 Å². The molecule has 3 rings (SSSR count). The van der Waals surface area contributed by atoms with Gasteiger partial charge in [-0.15, -0.1) is 0 Å². The lowest BCUT2D eigenvalue weighted by Crippen LogP contribution is -2.29. The number of thiazole rings is 1. The van der Waals surface area contributed by atoms with Gasteiger partial charge in [-0.1, -0.05) is 64.9 Å². The van der Waals surface area contributed by atoms with Gasteiger partial charge in [0.05, 0.1) is 0 Å². The van der Waals surface area contributed by atoms with Gasteiger partial charge in [-0.05, 0) is 18.2 Å². The third-order valence-corrected chi connectivity index (χ3v) is 4.72. The molecule has 0 atom stereocenters. The minimum absolute atomic E-state index is 0.00961. The number of amides is 1. The average molecular weight is 417 g/mol. The summed E-state index contributed by atoms with van der Waals surface area (Å²) in [5, 5.41) is 3.00. The van der Waals surface area contributed by atoms with Gasteiger partial charge >= 0.3 is 12.1 Å². The Hall–Kier alpha value is -2.09. The number of carbonyl (C=O) groups excluding carboxylic acids is 1. The van der Waals surface area contributed by atoms with E-state index in [1.807, 2.05) is 5.32 Å². The number of hydrogen-bond donors (Lipinski definition) is 1. The first-order chi connectivity index (χ1) is 12.2. The minimum atomic E-state index is -5.00. The molecule has 1 aromatic heterocycles. The molecule has 0 bridgehead atoms. The van der Waals surface area contributed by atoms with Crippen LogP contribution >= 0.6 is 34.5 Å². The van der Waals surface area contributed by atoms with E-state index in [1.54, 1.807) is 42.5 Å². The van der Waals surface area contributed by atoms with E-state index < -0.39 is 12.1 Å². The van der Waals surface area contributed by atoms with Crippen molar-refractivity contribution in [2.24, 2.45) is 0 Å². The average Bonchev–Trinajstić information content (AvgIpc) is 2.98. The van der Waals surface area contributed by atoms with Crippen LogP contribution < -0.4 is 5.32 Å².